The molecule has 7 rings (SSSR count). The van der Waals surface area contributed by atoms with Gasteiger partial charge in [0.05, 0.1) is 67.7 Å². The second kappa shape index (κ2) is 21.2. The molecular weight excluding hydrogens is 955 g/mol. The number of benzene rings is 2. The Kier molecular flexibility index (Phi) is 15.5. The standard InChI is InChI=1S/C39H45N13O7S6/c1-9-51(10-2)25-15-21(23(17-27(25)56-5)45-47-33-31-29(58-7)19-61-35(31)49-63-33)40-37-42-38(44-39(43-37)60-13-14-65(53,54)55)41-22-16-26(52(11-3)12-4)28(57-6)18-24(22)46-48-34-32-30(59-8)20-62-36(32)50-64-34/h15-20H,9-14H2,1-8H3,(H,53,54,55)(H2,40,41,42,43,44). The first-order valence-electron chi connectivity index (χ1n) is 19.9. The minimum Gasteiger partial charge on any atom is -0.495 e. The van der Waals surface area contributed by atoms with Crippen LogP contribution in [0.3, 0.4) is 0 Å². The van der Waals surface area contributed by atoms with Gasteiger partial charge in [-0.25, -0.2) is 0 Å². The monoisotopic (exact) mass is 999 g/mol. The van der Waals surface area contributed by atoms with Crippen molar-refractivity contribution in [2.75, 3.05) is 86.6 Å². The zero-order valence-electron chi connectivity index (χ0n) is 36.5. The molecular formula is C39H45N13O7S6. The first kappa shape index (κ1) is 47.5. The lowest BCUT2D eigenvalue weighted by Crippen LogP contribution is -2.22. The van der Waals surface area contributed by atoms with E-state index in [1.165, 1.54) is 45.7 Å². The SMILES string of the molecule is CCN(CC)c1cc(Nc2nc(Nc3cc(N(CC)CC)c(OC)cc3N=Nc3snc4scc(OC)c34)nc(SCCS(=O)(=O)O)n2)c(N=Nc2snc3scc(OC)c23)cc1OC. The van der Waals surface area contributed by atoms with E-state index >= 15 is 0 Å². The van der Waals surface area contributed by atoms with Crippen LogP contribution in [0.2, 0.25) is 0 Å². The molecule has 2 aromatic carbocycles. The number of methoxy groups -OCH3 is 4. The fourth-order valence-corrected chi connectivity index (χ4v) is 11.6. The molecule has 3 N–H and O–H groups in total. The Morgan fingerprint density at radius 2 is 1.08 bits per heavy atom. The van der Waals surface area contributed by atoms with Crippen molar-refractivity contribution in [3.8, 4) is 23.0 Å². The van der Waals surface area contributed by atoms with Crippen LogP contribution in [0.1, 0.15) is 27.7 Å². The van der Waals surface area contributed by atoms with Crippen molar-refractivity contribution in [2.45, 2.75) is 32.9 Å². The number of fused-ring (bicyclic) bond motifs is 2. The van der Waals surface area contributed by atoms with E-state index in [1.807, 2.05) is 50.6 Å². The summed E-state index contributed by atoms with van der Waals surface area (Å²) in [5.74, 6) is 2.03. The molecule has 0 saturated carbocycles. The molecule has 0 bridgehead atoms. The molecule has 0 saturated heterocycles. The average Bonchev–Trinajstić information content (AvgIpc) is 4.10. The number of hydrogen-bond donors (Lipinski definition) is 3. The zero-order chi connectivity index (χ0) is 46.3. The Labute approximate surface area is 395 Å². The highest BCUT2D eigenvalue weighted by molar-refractivity contribution is 8.00. The fourth-order valence-electron chi connectivity index (χ4n) is 6.53. The van der Waals surface area contributed by atoms with E-state index in [-0.39, 0.29) is 22.8 Å². The molecule has 0 fully saturated rings. The smallest absolute Gasteiger partial charge is 0.265 e. The van der Waals surface area contributed by atoms with Crippen molar-refractivity contribution < 1.29 is 31.9 Å². The summed E-state index contributed by atoms with van der Waals surface area (Å²) in [4.78, 5) is 20.0. The van der Waals surface area contributed by atoms with Crippen molar-refractivity contribution in [1.29, 1.82) is 0 Å². The van der Waals surface area contributed by atoms with Gasteiger partial charge in [-0.3, -0.25) is 4.55 Å². The summed E-state index contributed by atoms with van der Waals surface area (Å²) in [5, 5.41) is 31.8. The predicted molar refractivity (Wildman–Crippen MR) is 263 cm³/mol. The van der Waals surface area contributed by atoms with Gasteiger partial charge in [0, 0.05) is 54.8 Å². The van der Waals surface area contributed by atoms with Crippen LogP contribution in [0.4, 0.5) is 56.0 Å². The second-order valence-corrected chi connectivity index (χ2v) is 19.3. The van der Waals surface area contributed by atoms with E-state index in [9.17, 15) is 13.0 Å². The quantitative estimate of drug-likeness (QED) is 0.0325. The fraction of sp³-hybridized carbons (Fsp3) is 0.359. The molecule has 0 spiro atoms. The van der Waals surface area contributed by atoms with Gasteiger partial charge in [-0.15, -0.1) is 43.1 Å². The van der Waals surface area contributed by atoms with Crippen LogP contribution < -0.4 is 39.4 Å². The highest BCUT2D eigenvalue weighted by atomic mass is 32.2. The number of thiophene rings is 2. The first-order chi connectivity index (χ1) is 31.4. The van der Waals surface area contributed by atoms with E-state index in [0.717, 1.165) is 43.6 Å². The first-order valence-corrected chi connectivity index (χ1v) is 25.8. The lowest BCUT2D eigenvalue weighted by atomic mass is 10.2. The number of rotatable bonds is 22. The van der Waals surface area contributed by atoms with E-state index in [1.54, 1.807) is 40.6 Å². The molecule has 7 aromatic rings. The molecule has 0 atom stereocenters. The van der Waals surface area contributed by atoms with E-state index in [0.29, 0.717) is 81.9 Å². The molecule has 0 aliphatic heterocycles. The highest BCUT2D eigenvalue weighted by Gasteiger charge is 2.22. The summed E-state index contributed by atoms with van der Waals surface area (Å²) < 4.78 is 64.9. The molecule has 0 aliphatic carbocycles. The van der Waals surface area contributed by atoms with Crippen LogP contribution in [-0.2, 0) is 10.1 Å². The summed E-state index contributed by atoms with van der Waals surface area (Å²) in [5.41, 5.74) is 3.30. The molecule has 65 heavy (non-hydrogen) atoms. The van der Waals surface area contributed by atoms with Gasteiger partial charge in [0.25, 0.3) is 10.1 Å². The van der Waals surface area contributed by atoms with Gasteiger partial charge in [0.1, 0.15) is 44.0 Å². The maximum atomic E-state index is 11.7. The lowest BCUT2D eigenvalue weighted by Gasteiger charge is -2.25. The number of azo groups is 2. The Morgan fingerprint density at radius 1 is 0.646 bits per heavy atom. The molecule has 0 unspecified atom stereocenters. The van der Waals surface area contributed by atoms with E-state index in [4.69, 9.17) is 23.9 Å². The molecule has 26 heteroatoms. The van der Waals surface area contributed by atoms with E-state index in [2.05, 4.69) is 59.6 Å². The number of thioether (sulfide) groups is 1. The average molecular weight is 1000 g/mol. The summed E-state index contributed by atoms with van der Waals surface area (Å²) >= 11 is 6.34. The topological polar surface area (TPSA) is 236 Å². The number of aromatic nitrogens is 5. The Morgan fingerprint density at radius 3 is 1.46 bits per heavy atom. The van der Waals surface area contributed by atoms with Gasteiger partial charge in [0.15, 0.2) is 15.2 Å². The highest BCUT2D eigenvalue weighted by Crippen LogP contribution is 2.46. The van der Waals surface area contributed by atoms with E-state index < -0.39 is 15.9 Å². The Hall–Kier alpha value is -5.51. The zero-order valence-corrected chi connectivity index (χ0v) is 41.4. The second-order valence-electron chi connectivity index (χ2n) is 13.4. The summed E-state index contributed by atoms with van der Waals surface area (Å²) in [6, 6.07) is 7.31. The van der Waals surface area contributed by atoms with Crippen LogP contribution >= 0.6 is 57.5 Å². The number of nitrogens with zero attached hydrogens (tertiary/aromatic N) is 11. The molecule has 344 valence electrons. The third-order valence-electron chi connectivity index (χ3n) is 9.75. The molecule has 5 aromatic heterocycles. The molecule has 5 heterocycles. The summed E-state index contributed by atoms with van der Waals surface area (Å²) in [6.45, 7) is 10.9. The molecule has 0 amide bonds. The minimum atomic E-state index is -4.28. The number of hydrogen-bond acceptors (Lipinski definition) is 24. The van der Waals surface area contributed by atoms with Gasteiger partial charge in [-0.2, -0.15) is 32.1 Å². The number of ether oxygens (including phenoxy) is 4. The van der Waals surface area contributed by atoms with Crippen molar-refractivity contribution >= 4 is 144 Å². The van der Waals surface area contributed by atoms with Gasteiger partial charge in [0.2, 0.25) is 11.9 Å². The normalized spacial score (nSPS) is 11.9. The number of anilines is 6. The third kappa shape index (κ3) is 10.8. The van der Waals surface area contributed by atoms with Gasteiger partial charge in [-0.05, 0) is 62.9 Å². The van der Waals surface area contributed by atoms with Crippen molar-refractivity contribution in [1.82, 2.24) is 23.7 Å². The molecule has 0 aliphatic rings. The molecule has 20 nitrogen and oxygen atoms in total. The Bertz CT molecular complexity index is 2770. The Balaban J connectivity index is 1.34. The van der Waals surface area contributed by atoms with Crippen LogP contribution in [-0.4, -0.2) is 103 Å². The maximum Gasteiger partial charge on any atom is 0.265 e. The largest absolute Gasteiger partial charge is 0.495 e. The summed E-state index contributed by atoms with van der Waals surface area (Å²) in [6.07, 6.45) is 0. The van der Waals surface area contributed by atoms with Crippen LogP contribution in [0, 0.1) is 0 Å². The van der Waals surface area contributed by atoms with Crippen molar-refractivity contribution in [3.05, 3.63) is 35.0 Å². The van der Waals surface area contributed by atoms with Crippen LogP contribution in [0.25, 0.3) is 20.4 Å². The van der Waals surface area contributed by atoms with Gasteiger partial charge >= 0.3 is 0 Å². The minimum absolute atomic E-state index is 0.0470. The van der Waals surface area contributed by atoms with Crippen LogP contribution in [0.15, 0.2) is 60.6 Å². The third-order valence-corrected chi connectivity index (χ3v) is 15.0. The van der Waals surface area contributed by atoms with Crippen molar-refractivity contribution in [2.24, 2.45) is 20.5 Å². The predicted octanol–water partition coefficient (Wildman–Crippen LogP) is 11.2. The summed E-state index contributed by atoms with van der Waals surface area (Å²) in [7, 11) is 2.10. The lowest BCUT2D eigenvalue weighted by molar-refractivity contribution is 0.414. The van der Waals surface area contributed by atoms with Gasteiger partial charge < -0.3 is 39.4 Å². The maximum absolute atomic E-state index is 11.7. The van der Waals surface area contributed by atoms with Crippen molar-refractivity contribution in [3.63, 3.8) is 0 Å². The van der Waals surface area contributed by atoms with Gasteiger partial charge in [-0.1, -0.05) is 11.8 Å². The van der Waals surface area contributed by atoms with Crippen LogP contribution in [0.5, 0.6) is 23.0 Å². The molecule has 0 radical (unpaired) electrons. The number of nitrogens with one attached hydrogen (secondary N) is 2.